The first-order valence-corrected chi connectivity index (χ1v) is 11.9. The highest BCUT2D eigenvalue weighted by atomic mass is 19.4. The lowest BCUT2D eigenvalue weighted by atomic mass is 9.98. The van der Waals surface area contributed by atoms with Gasteiger partial charge in [-0.1, -0.05) is 12.2 Å². The number of carbonyl (C=O) groups excluding carboxylic acids is 1. The van der Waals surface area contributed by atoms with Crippen molar-refractivity contribution in [2.75, 3.05) is 18.1 Å². The van der Waals surface area contributed by atoms with E-state index in [0.717, 1.165) is 22.1 Å². The smallest absolute Gasteiger partial charge is 0.371 e. The van der Waals surface area contributed by atoms with E-state index >= 15 is 0 Å². The minimum Gasteiger partial charge on any atom is -0.371 e. The fourth-order valence-electron chi connectivity index (χ4n) is 4.58. The summed E-state index contributed by atoms with van der Waals surface area (Å²) in [5.74, 6) is -0.600. The molecule has 200 valence electrons. The van der Waals surface area contributed by atoms with Gasteiger partial charge in [0.1, 0.15) is 12.3 Å². The molecule has 0 spiro atoms. The number of alkyl halides is 4. The number of rotatable bonds is 7. The summed E-state index contributed by atoms with van der Waals surface area (Å²) in [6.07, 6.45) is -0.0816. The molecule has 1 aromatic carbocycles. The maximum atomic E-state index is 14.7. The van der Waals surface area contributed by atoms with E-state index in [4.69, 9.17) is 10.00 Å². The number of ether oxygens (including phenoxy) is 1. The molecular formula is C27H26F4N4O3. The summed E-state index contributed by atoms with van der Waals surface area (Å²) in [5, 5.41) is 19.9. The molecular weight excluding hydrogens is 504 g/mol. The second-order valence-corrected chi connectivity index (χ2v) is 9.46. The number of carbonyl (C=O) groups is 1. The van der Waals surface area contributed by atoms with Crippen molar-refractivity contribution in [3.05, 3.63) is 77.6 Å². The molecule has 4 rings (SSSR count). The Morgan fingerprint density at radius 3 is 2.55 bits per heavy atom. The maximum absolute atomic E-state index is 14.7. The Labute approximate surface area is 217 Å². The first kappa shape index (κ1) is 27.4. The number of nitrogens with zero attached hydrogens (tertiary/aromatic N) is 4. The average Bonchev–Trinajstić information content (AvgIpc) is 3.05. The highest BCUT2D eigenvalue weighted by Crippen LogP contribution is 2.38. The third-order valence-corrected chi connectivity index (χ3v) is 6.66. The van der Waals surface area contributed by atoms with Crippen molar-refractivity contribution < 1.29 is 32.2 Å². The van der Waals surface area contributed by atoms with Gasteiger partial charge in [-0.3, -0.25) is 14.7 Å². The topological polar surface area (TPSA) is 89.7 Å². The van der Waals surface area contributed by atoms with Crippen LogP contribution >= 0.6 is 0 Å². The van der Waals surface area contributed by atoms with Gasteiger partial charge in [-0.2, -0.15) is 18.4 Å². The maximum Gasteiger partial charge on any atom is 0.417 e. The van der Waals surface area contributed by atoms with Gasteiger partial charge < -0.3 is 9.84 Å². The van der Waals surface area contributed by atoms with Crippen LogP contribution in [0.3, 0.4) is 0 Å². The van der Waals surface area contributed by atoms with E-state index in [1.165, 1.54) is 23.1 Å². The predicted octanol–water partition coefficient (Wildman–Crippen LogP) is 4.44. The van der Waals surface area contributed by atoms with E-state index in [1.54, 1.807) is 50.5 Å². The lowest BCUT2D eigenvalue weighted by Gasteiger charge is -2.30. The van der Waals surface area contributed by atoms with Crippen molar-refractivity contribution in [2.24, 2.45) is 0 Å². The van der Waals surface area contributed by atoms with Crippen molar-refractivity contribution in [3.8, 4) is 6.07 Å². The van der Waals surface area contributed by atoms with Crippen LogP contribution in [0.25, 0.3) is 5.57 Å². The molecule has 7 nitrogen and oxygen atoms in total. The fourth-order valence-corrected chi connectivity index (χ4v) is 4.58. The Hall–Kier alpha value is -3.59. The SMILES string of the molecule is CC1(C)C(=O)N(c2ccc(C#N)c(C(F)(F)F)c2)C(O)N1CCCOC1C=CC(c2ccncc2)=CC1F. The van der Waals surface area contributed by atoms with Gasteiger partial charge in [0.15, 0.2) is 6.35 Å². The fraction of sp³-hybridized carbons (Fsp3) is 0.370. The molecule has 1 aliphatic carbocycles. The number of anilines is 1. The number of nitriles is 1. The number of aliphatic hydroxyl groups is 1. The van der Waals surface area contributed by atoms with E-state index in [2.05, 4.69) is 4.98 Å². The van der Waals surface area contributed by atoms with Crippen LogP contribution in [0.1, 0.15) is 37.0 Å². The Balaban J connectivity index is 1.39. The number of amides is 1. The highest BCUT2D eigenvalue weighted by molar-refractivity contribution is 6.02. The van der Waals surface area contributed by atoms with Crippen LogP contribution in [-0.2, 0) is 15.7 Å². The molecule has 2 aromatic rings. The molecule has 11 heteroatoms. The van der Waals surface area contributed by atoms with Gasteiger partial charge in [0.05, 0.1) is 22.7 Å². The molecule has 1 fully saturated rings. The standard InChI is InChI=1S/C27H26F4N4O3/c1-26(2)24(36)35(20-6-4-19(16-32)21(15-20)27(29,30)31)25(37)34(26)12-3-13-38-23-7-5-18(14-22(23)28)17-8-10-33-11-9-17/h4-11,14-15,22-23,25,37H,3,12-13H2,1-2H3. The second-order valence-electron chi connectivity index (χ2n) is 9.46. The molecule has 2 aliphatic rings. The van der Waals surface area contributed by atoms with Crippen LogP contribution in [0.5, 0.6) is 0 Å². The van der Waals surface area contributed by atoms with E-state index in [1.807, 2.05) is 0 Å². The monoisotopic (exact) mass is 530 g/mol. The van der Waals surface area contributed by atoms with Crippen LogP contribution < -0.4 is 4.90 Å². The summed E-state index contributed by atoms with van der Waals surface area (Å²) in [6.45, 7) is 3.39. The minimum absolute atomic E-state index is 0.121. The number of hydrogen-bond acceptors (Lipinski definition) is 6. The number of allylic oxidation sites excluding steroid dienone is 2. The molecule has 1 saturated heterocycles. The highest BCUT2D eigenvalue weighted by Gasteiger charge is 2.52. The molecule has 0 saturated carbocycles. The molecule has 1 amide bonds. The van der Waals surface area contributed by atoms with Gasteiger partial charge in [-0.05, 0) is 67.8 Å². The largest absolute Gasteiger partial charge is 0.417 e. The Morgan fingerprint density at radius 2 is 1.92 bits per heavy atom. The first-order chi connectivity index (χ1) is 17.9. The number of aliphatic hydroxyl groups excluding tert-OH is 1. The van der Waals surface area contributed by atoms with Crippen molar-refractivity contribution in [3.63, 3.8) is 0 Å². The molecule has 0 radical (unpaired) electrons. The van der Waals surface area contributed by atoms with E-state index in [0.29, 0.717) is 12.5 Å². The quantitative estimate of drug-likeness (QED) is 0.421. The number of hydrogen-bond donors (Lipinski definition) is 1. The summed E-state index contributed by atoms with van der Waals surface area (Å²) in [5.41, 5.74) is -1.63. The summed E-state index contributed by atoms with van der Waals surface area (Å²) in [6, 6.07) is 7.91. The van der Waals surface area contributed by atoms with Gasteiger partial charge >= 0.3 is 6.18 Å². The Morgan fingerprint density at radius 1 is 1.21 bits per heavy atom. The van der Waals surface area contributed by atoms with Gasteiger partial charge in [0.25, 0.3) is 0 Å². The second kappa shape index (κ2) is 10.6. The van der Waals surface area contributed by atoms with E-state index < -0.39 is 47.4 Å². The van der Waals surface area contributed by atoms with E-state index in [-0.39, 0.29) is 18.8 Å². The molecule has 1 N–H and O–H groups in total. The van der Waals surface area contributed by atoms with Crippen LogP contribution in [0, 0.1) is 11.3 Å². The predicted molar refractivity (Wildman–Crippen MR) is 131 cm³/mol. The number of benzene rings is 1. The molecule has 0 bridgehead atoms. The lowest BCUT2D eigenvalue weighted by molar-refractivity contribution is -0.137. The van der Waals surface area contributed by atoms with Crippen LogP contribution in [-0.4, -0.2) is 58.2 Å². The number of halogens is 4. The Kier molecular flexibility index (Phi) is 7.69. The first-order valence-electron chi connectivity index (χ1n) is 11.9. The third-order valence-electron chi connectivity index (χ3n) is 6.66. The zero-order valence-corrected chi connectivity index (χ0v) is 20.7. The lowest BCUT2D eigenvalue weighted by Crippen LogP contribution is -2.46. The Bertz CT molecular complexity index is 1290. The van der Waals surface area contributed by atoms with Crippen LogP contribution in [0.4, 0.5) is 23.2 Å². The van der Waals surface area contributed by atoms with Gasteiger partial charge in [-0.15, -0.1) is 0 Å². The average molecular weight is 531 g/mol. The van der Waals surface area contributed by atoms with E-state index in [9.17, 15) is 27.5 Å². The molecule has 3 atom stereocenters. The molecule has 3 unspecified atom stereocenters. The normalized spacial score (nSPS) is 23.4. The summed E-state index contributed by atoms with van der Waals surface area (Å²) in [7, 11) is 0. The number of pyridine rings is 1. The van der Waals surface area contributed by atoms with Gasteiger partial charge in [0.2, 0.25) is 5.91 Å². The molecule has 1 aromatic heterocycles. The molecule has 38 heavy (non-hydrogen) atoms. The van der Waals surface area contributed by atoms with Gasteiger partial charge in [0, 0.05) is 31.2 Å². The third kappa shape index (κ3) is 5.34. The van der Waals surface area contributed by atoms with Crippen molar-refractivity contribution >= 4 is 17.2 Å². The van der Waals surface area contributed by atoms with Crippen LogP contribution in [0.2, 0.25) is 0 Å². The van der Waals surface area contributed by atoms with Crippen molar-refractivity contribution in [2.45, 2.75) is 50.6 Å². The van der Waals surface area contributed by atoms with Crippen LogP contribution in [0.15, 0.2) is 61.0 Å². The molecule has 1 aliphatic heterocycles. The summed E-state index contributed by atoms with van der Waals surface area (Å²) < 4.78 is 60.7. The van der Waals surface area contributed by atoms with Crippen molar-refractivity contribution in [1.82, 2.24) is 9.88 Å². The summed E-state index contributed by atoms with van der Waals surface area (Å²) in [4.78, 5) is 19.4. The zero-order chi connectivity index (χ0) is 27.7. The van der Waals surface area contributed by atoms with Gasteiger partial charge in [-0.25, -0.2) is 9.29 Å². The zero-order valence-electron chi connectivity index (χ0n) is 20.7. The minimum atomic E-state index is -4.81. The van der Waals surface area contributed by atoms with Crippen molar-refractivity contribution in [1.29, 1.82) is 5.26 Å². The summed E-state index contributed by atoms with van der Waals surface area (Å²) >= 11 is 0. The number of aromatic nitrogens is 1. The molecule has 2 heterocycles.